The molecule has 0 aromatic heterocycles. The lowest BCUT2D eigenvalue weighted by atomic mass is 10.0. The molecule has 104 valence electrons. The first-order valence-electron chi connectivity index (χ1n) is 6.62. The van der Waals surface area contributed by atoms with Gasteiger partial charge in [0.05, 0.1) is 24.8 Å². The van der Waals surface area contributed by atoms with E-state index >= 15 is 0 Å². The van der Waals surface area contributed by atoms with E-state index in [0.29, 0.717) is 19.8 Å². The number of piperidine rings is 1. The molecule has 19 heavy (non-hydrogen) atoms. The van der Waals surface area contributed by atoms with Crippen LogP contribution in [0.25, 0.3) is 0 Å². The Bertz CT molecular complexity index is 463. The van der Waals surface area contributed by atoms with E-state index in [1.165, 1.54) is 6.07 Å². The Labute approximate surface area is 117 Å². The van der Waals surface area contributed by atoms with Crippen LogP contribution in [0.4, 0.5) is 4.39 Å². The lowest BCUT2D eigenvalue weighted by Crippen LogP contribution is -2.48. The van der Waals surface area contributed by atoms with Crippen LogP contribution in [0, 0.1) is 5.82 Å². The van der Waals surface area contributed by atoms with Crippen molar-refractivity contribution in [3.63, 3.8) is 0 Å². The third-order valence-corrected chi connectivity index (χ3v) is 4.16. The van der Waals surface area contributed by atoms with Crippen molar-refractivity contribution in [2.24, 2.45) is 0 Å². The van der Waals surface area contributed by atoms with Gasteiger partial charge in [-0.25, -0.2) is 4.39 Å². The van der Waals surface area contributed by atoms with Crippen molar-refractivity contribution in [2.45, 2.75) is 25.2 Å². The Kier molecular flexibility index (Phi) is 3.76. The lowest BCUT2D eigenvalue weighted by molar-refractivity contribution is -0.190. The summed E-state index contributed by atoms with van der Waals surface area (Å²) in [6.07, 6.45) is 1.95. The first-order chi connectivity index (χ1) is 9.19. The zero-order valence-corrected chi connectivity index (χ0v) is 11.5. The van der Waals surface area contributed by atoms with Crippen molar-refractivity contribution < 1.29 is 13.9 Å². The first-order valence-corrected chi connectivity index (χ1v) is 6.99. The predicted molar refractivity (Wildman–Crippen MR) is 70.6 cm³/mol. The van der Waals surface area contributed by atoms with Gasteiger partial charge in [-0.05, 0) is 24.6 Å². The van der Waals surface area contributed by atoms with Crippen molar-refractivity contribution in [3.05, 3.63) is 34.6 Å². The Morgan fingerprint density at radius 2 is 2.11 bits per heavy atom. The van der Waals surface area contributed by atoms with E-state index in [1.807, 2.05) is 6.07 Å². The molecule has 3 rings (SSSR count). The fraction of sp³-hybridized carbons (Fsp3) is 0.571. The maximum Gasteiger partial charge on any atom is 0.181 e. The van der Waals surface area contributed by atoms with Crippen LogP contribution in [-0.2, 0) is 16.0 Å². The number of ether oxygens (including phenoxy) is 2. The molecule has 3 nitrogen and oxygen atoms in total. The van der Waals surface area contributed by atoms with Gasteiger partial charge < -0.3 is 9.47 Å². The Balaban J connectivity index is 1.71. The molecule has 0 unspecified atom stereocenters. The minimum atomic E-state index is -0.446. The summed E-state index contributed by atoms with van der Waals surface area (Å²) in [6, 6.07) is 4.94. The summed E-state index contributed by atoms with van der Waals surface area (Å²) in [6.45, 7) is 3.63. The summed E-state index contributed by atoms with van der Waals surface area (Å²) in [5.74, 6) is -0.808. The van der Waals surface area contributed by atoms with Crippen molar-refractivity contribution in [3.8, 4) is 0 Å². The molecule has 1 aromatic rings. The topological polar surface area (TPSA) is 21.7 Å². The van der Waals surface area contributed by atoms with Crippen LogP contribution in [-0.4, -0.2) is 37.0 Å². The number of hydrogen-bond acceptors (Lipinski definition) is 3. The minimum absolute atomic E-state index is 0.218. The molecule has 0 bridgehead atoms. The highest BCUT2D eigenvalue weighted by molar-refractivity contribution is 6.31. The molecule has 2 fully saturated rings. The van der Waals surface area contributed by atoms with Crippen LogP contribution in [0.5, 0.6) is 0 Å². The normalized spacial score (nSPS) is 23.1. The molecule has 0 aliphatic carbocycles. The van der Waals surface area contributed by atoms with Gasteiger partial charge in [0.15, 0.2) is 5.79 Å². The Hall–Kier alpha value is -0.680. The third-order valence-electron chi connectivity index (χ3n) is 3.74. The molecule has 1 spiro atoms. The van der Waals surface area contributed by atoms with E-state index in [2.05, 4.69) is 4.90 Å². The van der Waals surface area contributed by atoms with Gasteiger partial charge in [0, 0.05) is 13.0 Å². The minimum Gasteiger partial charge on any atom is -0.346 e. The van der Waals surface area contributed by atoms with Gasteiger partial charge in [-0.1, -0.05) is 23.7 Å². The standard InChI is InChI=1S/C14H17ClFNO2/c15-13-11(3-1-4-12(13)16)9-17-6-2-5-14(10-17)18-7-8-19-14/h1,3-4H,2,5-10H2. The molecule has 1 aromatic carbocycles. The van der Waals surface area contributed by atoms with Crippen LogP contribution in [0.3, 0.4) is 0 Å². The molecule has 0 radical (unpaired) electrons. The SMILES string of the molecule is Fc1cccc(CN2CCCC3(C2)OCCO3)c1Cl. The molecule has 0 atom stereocenters. The molecule has 2 saturated heterocycles. The zero-order valence-electron chi connectivity index (χ0n) is 10.7. The van der Waals surface area contributed by atoms with Crippen LogP contribution >= 0.6 is 11.6 Å². The third kappa shape index (κ3) is 2.77. The second kappa shape index (κ2) is 5.37. The fourth-order valence-electron chi connectivity index (χ4n) is 2.85. The van der Waals surface area contributed by atoms with E-state index in [9.17, 15) is 4.39 Å². The quantitative estimate of drug-likeness (QED) is 0.834. The van der Waals surface area contributed by atoms with Gasteiger partial charge >= 0.3 is 0 Å². The highest BCUT2D eigenvalue weighted by Crippen LogP contribution is 2.31. The highest BCUT2D eigenvalue weighted by Gasteiger charge is 2.40. The highest BCUT2D eigenvalue weighted by atomic mass is 35.5. The maximum absolute atomic E-state index is 13.4. The van der Waals surface area contributed by atoms with E-state index in [1.54, 1.807) is 6.07 Å². The zero-order chi connectivity index (χ0) is 13.3. The second-order valence-electron chi connectivity index (χ2n) is 5.13. The van der Waals surface area contributed by atoms with Crippen LogP contribution in [0.2, 0.25) is 5.02 Å². The molecular formula is C14H17ClFNO2. The summed E-state index contributed by atoms with van der Waals surface area (Å²) in [5.41, 5.74) is 0.816. The molecule has 2 aliphatic rings. The van der Waals surface area contributed by atoms with E-state index < -0.39 is 5.79 Å². The summed E-state index contributed by atoms with van der Waals surface area (Å²) in [5, 5.41) is 0.218. The summed E-state index contributed by atoms with van der Waals surface area (Å²) >= 11 is 6.00. The monoisotopic (exact) mass is 285 g/mol. The number of benzene rings is 1. The van der Waals surface area contributed by atoms with Gasteiger partial charge in [0.2, 0.25) is 0 Å². The van der Waals surface area contributed by atoms with Gasteiger partial charge in [0.1, 0.15) is 5.82 Å². The number of hydrogen-bond donors (Lipinski definition) is 0. The van der Waals surface area contributed by atoms with E-state index in [-0.39, 0.29) is 10.8 Å². The van der Waals surface area contributed by atoms with Crippen LogP contribution < -0.4 is 0 Å². The number of halogens is 2. The van der Waals surface area contributed by atoms with Gasteiger partial charge in [-0.3, -0.25) is 4.90 Å². The van der Waals surface area contributed by atoms with Gasteiger partial charge in [-0.15, -0.1) is 0 Å². The van der Waals surface area contributed by atoms with Crippen LogP contribution in [0.15, 0.2) is 18.2 Å². The average molecular weight is 286 g/mol. The van der Waals surface area contributed by atoms with E-state index in [4.69, 9.17) is 21.1 Å². The largest absolute Gasteiger partial charge is 0.346 e. The van der Waals surface area contributed by atoms with Crippen molar-refractivity contribution in [1.29, 1.82) is 0 Å². The number of rotatable bonds is 2. The Morgan fingerprint density at radius 3 is 2.89 bits per heavy atom. The Morgan fingerprint density at radius 1 is 1.32 bits per heavy atom. The molecule has 0 amide bonds. The molecule has 0 saturated carbocycles. The number of likely N-dealkylation sites (tertiary alicyclic amines) is 1. The predicted octanol–water partition coefficient (Wildman–Crippen LogP) is 2.82. The van der Waals surface area contributed by atoms with Gasteiger partial charge in [0.25, 0.3) is 0 Å². The van der Waals surface area contributed by atoms with Crippen molar-refractivity contribution >= 4 is 11.6 Å². The summed E-state index contributed by atoms with van der Waals surface area (Å²) < 4.78 is 24.9. The molecular weight excluding hydrogens is 269 g/mol. The maximum atomic E-state index is 13.4. The molecule has 2 heterocycles. The molecule has 0 N–H and O–H groups in total. The summed E-state index contributed by atoms with van der Waals surface area (Å²) in [7, 11) is 0. The first kappa shape index (κ1) is 13.3. The van der Waals surface area contributed by atoms with E-state index in [0.717, 1.165) is 31.5 Å². The van der Waals surface area contributed by atoms with Crippen molar-refractivity contribution in [2.75, 3.05) is 26.3 Å². The fourth-order valence-corrected chi connectivity index (χ4v) is 3.04. The number of nitrogens with zero attached hydrogens (tertiary/aromatic N) is 1. The molecule has 2 aliphatic heterocycles. The van der Waals surface area contributed by atoms with Gasteiger partial charge in [-0.2, -0.15) is 0 Å². The van der Waals surface area contributed by atoms with Crippen molar-refractivity contribution in [1.82, 2.24) is 4.90 Å². The average Bonchev–Trinajstić information content (AvgIpc) is 2.83. The second-order valence-corrected chi connectivity index (χ2v) is 5.51. The molecule has 5 heteroatoms. The smallest absolute Gasteiger partial charge is 0.181 e. The summed E-state index contributed by atoms with van der Waals surface area (Å²) in [4.78, 5) is 2.22. The van der Waals surface area contributed by atoms with Crippen LogP contribution in [0.1, 0.15) is 18.4 Å². The lowest BCUT2D eigenvalue weighted by Gasteiger charge is -2.38.